The summed E-state index contributed by atoms with van der Waals surface area (Å²) in [5, 5.41) is 24.0. The van der Waals surface area contributed by atoms with Gasteiger partial charge >= 0.3 is 6.09 Å². The summed E-state index contributed by atoms with van der Waals surface area (Å²) in [7, 11) is 0. The Morgan fingerprint density at radius 2 is 1.58 bits per heavy atom. The summed E-state index contributed by atoms with van der Waals surface area (Å²) in [4.78, 5) is 30.2. The lowest BCUT2D eigenvalue weighted by molar-refractivity contribution is -0.177. The molecule has 2 N–H and O–H groups in total. The summed E-state index contributed by atoms with van der Waals surface area (Å²) in [6.45, 7) is 7.82. The number of fused-ring (bicyclic) bond motifs is 1. The second kappa shape index (κ2) is 10.3. The summed E-state index contributed by atoms with van der Waals surface area (Å²) in [5.74, 6) is 2.88. The van der Waals surface area contributed by atoms with Crippen molar-refractivity contribution in [3.63, 3.8) is 0 Å². The highest BCUT2D eigenvalue weighted by Gasteiger charge is 2.75. The molecule has 260 valence electrons. The van der Waals surface area contributed by atoms with E-state index in [9.17, 15) is 19.8 Å². The lowest BCUT2D eigenvalue weighted by Gasteiger charge is -2.71. The fraction of sp³-hybridized carbons (Fsp3) is 0.756. The first-order valence-corrected chi connectivity index (χ1v) is 19.2. The van der Waals surface area contributed by atoms with Gasteiger partial charge in [-0.2, -0.15) is 0 Å². The standard InChI is InChI=1S/C41H55NO6/c1-4-47-35(45)42(24-38-19-26-16-27(20-38)18-28(17-26)21-38)25-40(46)12-9-33-37(40,3)11-8-32-36(2)10-7-29(43)22-39(36)13-14-41(32,33)30(23-39)34(44)31-6-5-15-48-31/h5-6,13-15,23,26-29,32-33,43,46H,4,7-12,16-22,24-25H2,1-3H3/t26?,27?,28?,29?,32-,33-,36-,37+,38?,39+,40-,41-/m1/s1. The van der Waals surface area contributed by atoms with E-state index in [1.54, 1.807) is 18.4 Å². The van der Waals surface area contributed by atoms with Crippen LogP contribution in [0.1, 0.15) is 115 Å². The molecule has 8 atom stereocenters. The van der Waals surface area contributed by atoms with Crippen LogP contribution in [0, 0.1) is 56.7 Å². The molecule has 1 amide bonds. The maximum Gasteiger partial charge on any atom is 0.409 e. The van der Waals surface area contributed by atoms with E-state index in [2.05, 4.69) is 32.1 Å². The van der Waals surface area contributed by atoms with Gasteiger partial charge in [-0.1, -0.05) is 32.1 Å². The molecule has 11 rings (SSSR count). The van der Waals surface area contributed by atoms with E-state index >= 15 is 0 Å². The zero-order valence-electron chi connectivity index (χ0n) is 29.2. The van der Waals surface area contributed by atoms with Crippen LogP contribution in [-0.4, -0.2) is 58.4 Å². The molecular weight excluding hydrogens is 602 g/mol. The van der Waals surface area contributed by atoms with Crippen molar-refractivity contribution >= 4 is 11.9 Å². The first-order valence-electron chi connectivity index (χ1n) is 19.2. The highest BCUT2D eigenvalue weighted by atomic mass is 16.6. The van der Waals surface area contributed by atoms with E-state index in [0.717, 1.165) is 55.4 Å². The van der Waals surface area contributed by atoms with E-state index in [-0.39, 0.29) is 46.5 Å². The third-order valence-corrected chi connectivity index (χ3v) is 16.4. The van der Waals surface area contributed by atoms with Crippen molar-refractivity contribution in [1.29, 1.82) is 0 Å². The van der Waals surface area contributed by atoms with Crippen LogP contribution in [0.15, 0.2) is 46.6 Å². The van der Waals surface area contributed by atoms with Crippen LogP contribution in [0.3, 0.4) is 0 Å². The topological polar surface area (TPSA) is 100 Å². The van der Waals surface area contributed by atoms with Gasteiger partial charge < -0.3 is 24.3 Å². The highest BCUT2D eigenvalue weighted by molar-refractivity contribution is 6.08. The largest absolute Gasteiger partial charge is 0.461 e. The van der Waals surface area contributed by atoms with Gasteiger partial charge in [-0.3, -0.25) is 4.79 Å². The van der Waals surface area contributed by atoms with Crippen molar-refractivity contribution in [3.8, 4) is 0 Å². The first-order chi connectivity index (χ1) is 22.9. The Kier molecular flexibility index (Phi) is 6.80. The Balaban J connectivity index is 1.09. The van der Waals surface area contributed by atoms with Gasteiger partial charge in [0, 0.05) is 28.4 Å². The van der Waals surface area contributed by atoms with Crippen LogP contribution in [-0.2, 0) is 4.74 Å². The molecule has 0 saturated heterocycles. The van der Waals surface area contributed by atoms with E-state index in [1.807, 2.05) is 11.8 Å². The van der Waals surface area contributed by atoms with Crippen molar-refractivity contribution in [3.05, 3.63) is 48.0 Å². The van der Waals surface area contributed by atoms with E-state index in [1.165, 1.54) is 38.5 Å². The number of hydrogen-bond acceptors (Lipinski definition) is 6. The summed E-state index contributed by atoms with van der Waals surface area (Å²) < 4.78 is 11.5. The molecule has 7 saturated carbocycles. The summed E-state index contributed by atoms with van der Waals surface area (Å²) in [5.41, 5.74) is -1.69. The third kappa shape index (κ3) is 4.06. The number of amides is 1. The van der Waals surface area contributed by atoms with Crippen LogP contribution in [0.5, 0.6) is 0 Å². The highest BCUT2D eigenvalue weighted by Crippen LogP contribution is 2.78. The van der Waals surface area contributed by atoms with E-state index in [4.69, 9.17) is 9.15 Å². The van der Waals surface area contributed by atoms with Crippen LogP contribution in [0.25, 0.3) is 0 Å². The molecule has 10 aliphatic rings. The maximum absolute atomic E-state index is 14.5. The van der Waals surface area contributed by atoms with Gasteiger partial charge in [-0.05, 0) is 143 Å². The smallest absolute Gasteiger partial charge is 0.409 e. The molecule has 0 radical (unpaired) electrons. The Labute approximate surface area is 285 Å². The molecular formula is C41H55NO6. The van der Waals surface area contributed by atoms with E-state index in [0.29, 0.717) is 31.8 Å². The zero-order chi connectivity index (χ0) is 33.3. The number of carbonyl (C=O) groups excluding carboxylic acids is 2. The van der Waals surface area contributed by atoms with Gasteiger partial charge in [-0.25, -0.2) is 4.79 Å². The molecule has 7 fully saturated rings. The molecule has 0 aromatic carbocycles. The van der Waals surface area contributed by atoms with Crippen molar-refractivity contribution in [2.75, 3.05) is 19.7 Å². The summed E-state index contributed by atoms with van der Waals surface area (Å²) in [6, 6.07) is 3.54. The molecule has 7 nitrogen and oxygen atoms in total. The normalized spacial score (nSPS) is 49.2. The predicted molar refractivity (Wildman–Crippen MR) is 181 cm³/mol. The van der Waals surface area contributed by atoms with Crippen LogP contribution in [0.4, 0.5) is 4.79 Å². The molecule has 2 spiro atoms. The van der Waals surface area contributed by atoms with Crippen LogP contribution >= 0.6 is 0 Å². The monoisotopic (exact) mass is 657 g/mol. The number of aliphatic hydroxyl groups excluding tert-OH is 1. The van der Waals surface area contributed by atoms with Crippen molar-refractivity contribution < 1.29 is 29.0 Å². The maximum atomic E-state index is 14.5. The number of Topliss-reactive ketones (excluding diaryl/α,β-unsaturated/α-hetero) is 1. The SMILES string of the molecule is CCOC(=O)N(CC12CC3CC(CC(C3)C1)C2)C[C@]1(O)CC[C@H]2[C@]34C=C[C@@]5(C=C3C(=O)c3ccco3)CC(O)CC[C@]5(C)[C@H]4CC[C@@]21C. The average molecular weight is 658 g/mol. The second-order valence-corrected chi connectivity index (χ2v) is 18.6. The van der Waals surface area contributed by atoms with Crippen molar-refractivity contribution in [2.24, 2.45) is 56.7 Å². The van der Waals surface area contributed by atoms with E-state index < -0.39 is 22.5 Å². The number of carbonyl (C=O) groups is 2. The summed E-state index contributed by atoms with van der Waals surface area (Å²) >= 11 is 0. The number of rotatable bonds is 7. The Bertz CT molecular complexity index is 1530. The molecule has 0 aliphatic heterocycles. The minimum Gasteiger partial charge on any atom is -0.461 e. The lowest BCUT2D eigenvalue weighted by atomic mass is 9.32. The Hall–Kier alpha value is -2.38. The minimum absolute atomic E-state index is 0.0285. The Morgan fingerprint density at radius 3 is 2.25 bits per heavy atom. The quantitative estimate of drug-likeness (QED) is 0.230. The minimum atomic E-state index is -1.10. The third-order valence-electron chi connectivity index (χ3n) is 16.4. The predicted octanol–water partition coefficient (Wildman–Crippen LogP) is 7.73. The van der Waals surface area contributed by atoms with Gasteiger partial charge in [-0.15, -0.1) is 0 Å². The van der Waals surface area contributed by atoms with Crippen molar-refractivity contribution in [1.82, 2.24) is 4.90 Å². The van der Waals surface area contributed by atoms with Crippen LogP contribution in [0.2, 0.25) is 0 Å². The molecule has 10 aliphatic carbocycles. The molecule has 1 aromatic heterocycles. The molecule has 1 unspecified atom stereocenters. The second-order valence-electron chi connectivity index (χ2n) is 18.6. The molecule has 6 bridgehead atoms. The number of hydrogen-bond donors (Lipinski definition) is 2. The number of ketones is 1. The first kappa shape index (κ1) is 31.6. The van der Waals surface area contributed by atoms with Gasteiger partial charge in [0.25, 0.3) is 0 Å². The molecule has 48 heavy (non-hydrogen) atoms. The van der Waals surface area contributed by atoms with Crippen LogP contribution < -0.4 is 0 Å². The molecule has 1 aromatic rings. The van der Waals surface area contributed by atoms with Gasteiger partial charge in [0.2, 0.25) is 5.78 Å². The average Bonchev–Trinajstić information content (AvgIpc) is 3.66. The number of allylic oxidation sites excluding steroid dienone is 4. The lowest BCUT2D eigenvalue weighted by Crippen LogP contribution is -2.67. The number of furan rings is 1. The van der Waals surface area contributed by atoms with Crippen molar-refractivity contribution in [2.45, 2.75) is 116 Å². The molecule has 1 heterocycles. The fourth-order valence-corrected chi connectivity index (χ4v) is 14.7. The summed E-state index contributed by atoms with van der Waals surface area (Å²) in [6.07, 6.45) is 20.9. The zero-order valence-corrected chi connectivity index (χ0v) is 29.2. The number of ether oxygens (including phenoxy) is 1. The van der Waals surface area contributed by atoms with Gasteiger partial charge in [0.15, 0.2) is 5.76 Å². The van der Waals surface area contributed by atoms with Gasteiger partial charge in [0.1, 0.15) is 0 Å². The Morgan fingerprint density at radius 1 is 0.917 bits per heavy atom. The molecule has 7 heteroatoms. The van der Waals surface area contributed by atoms with Gasteiger partial charge in [0.05, 0.1) is 31.1 Å². The fourth-order valence-electron chi connectivity index (χ4n) is 14.7. The number of nitrogens with zero attached hydrogens (tertiary/aromatic N) is 1. The number of aliphatic hydroxyl groups is 2.